The molecule has 0 aliphatic rings. The van der Waals surface area contributed by atoms with Crippen LogP contribution in [0.4, 0.5) is 0 Å². The van der Waals surface area contributed by atoms with Crippen molar-refractivity contribution in [3.63, 3.8) is 0 Å². The quantitative estimate of drug-likeness (QED) is 0.541. The first-order chi connectivity index (χ1) is 8.61. The molecule has 0 saturated heterocycles. The fourth-order valence-electron chi connectivity index (χ4n) is 1.88. The van der Waals surface area contributed by atoms with Crippen molar-refractivity contribution in [3.8, 4) is 0 Å². The van der Waals surface area contributed by atoms with Gasteiger partial charge in [-0.2, -0.15) is 0 Å². The Balaban J connectivity index is 3.92. The SMILES string of the molecule is COCCCN(CCOC)C(C)CNCC(C)C. The summed E-state index contributed by atoms with van der Waals surface area (Å²) in [4.78, 5) is 2.47. The molecule has 0 aliphatic heterocycles. The first-order valence-corrected chi connectivity index (χ1v) is 7.04. The van der Waals surface area contributed by atoms with Crippen LogP contribution in [0.25, 0.3) is 0 Å². The van der Waals surface area contributed by atoms with E-state index in [1.807, 2.05) is 0 Å². The fourth-order valence-corrected chi connectivity index (χ4v) is 1.88. The normalized spacial score (nSPS) is 13.5. The molecule has 4 heteroatoms. The van der Waals surface area contributed by atoms with Crippen LogP contribution < -0.4 is 5.32 Å². The monoisotopic (exact) mass is 260 g/mol. The van der Waals surface area contributed by atoms with Gasteiger partial charge in [-0.25, -0.2) is 0 Å². The first kappa shape index (κ1) is 17.8. The summed E-state index contributed by atoms with van der Waals surface area (Å²) in [5.41, 5.74) is 0. The smallest absolute Gasteiger partial charge is 0.0589 e. The molecule has 0 fully saturated rings. The highest BCUT2D eigenvalue weighted by molar-refractivity contribution is 4.70. The Bertz CT molecular complexity index is 177. The molecule has 0 saturated carbocycles. The van der Waals surface area contributed by atoms with Crippen LogP contribution in [0.5, 0.6) is 0 Å². The van der Waals surface area contributed by atoms with Crippen LogP contribution in [-0.2, 0) is 9.47 Å². The van der Waals surface area contributed by atoms with Gasteiger partial charge in [0.2, 0.25) is 0 Å². The number of nitrogens with one attached hydrogen (secondary N) is 1. The summed E-state index contributed by atoms with van der Waals surface area (Å²) >= 11 is 0. The van der Waals surface area contributed by atoms with Crippen molar-refractivity contribution in [1.29, 1.82) is 0 Å². The molecule has 0 aromatic carbocycles. The van der Waals surface area contributed by atoms with E-state index in [0.717, 1.165) is 45.8 Å². The summed E-state index contributed by atoms with van der Waals surface area (Å²) in [6.45, 7) is 12.5. The van der Waals surface area contributed by atoms with Crippen LogP contribution in [-0.4, -0.2) is 64.6 Å². The van der Waals surface area contributed by atoms with E-state index in [-0.39, 0.29) is 0 Å². The molecule has 0 bridgehead atoms. The van der Waals surface area contributed by atoms with Gasteiger partial charge in [0, 0.05) is 46.5 Å². The van der Waals surface area contributed by atoms with Crippen molar-refractivity contribution in [3.05, 3.63) is 0 Å². The molecule has 0 spiro atoms. The van der Waals surface area contributed by atoms with Gasteiger partial charge in [-0.15, -0.1) is 0 Å². The van der Waals surface area contributed by atoms with E-state index in [0.29, 0.717) is 12.0 Å². The van der Waals surface area contributed by atoms with Crippen LogP contribution >= 0.6 is 0 Å². The molecule has 0 amide bonds. The van der Waals surface area contributed by atoms with E-state index in [1.54, 1.807) is 14.2 Å². The standard InChI is InChI=1S/C14H32N2O2/c1-13(2)11-15-12-14(3)16(8-10-18-5)7-6-9-17-4/h13-15H,6-12H2,1-5H3. The fraction of sp³-hybridized carbons (Fsp3) is 1.00. The van der Waals surface area contributed by atoms with E-state index >= 15 is 0 Å². The Morgan fingerprint density at radius 2 is 1.61 bits per heavy atom. The van der Waals surface area contributed by atoms with Crippen LogP contribution in [0.3, 0.4) is 0 Å². The van der Waals surface area contributed by atoms with Gasteiger partial charge < -0.3 is 14.8 Å². The Hall–Kier alpha value is -0.160. The van der Waals surface area contributed by atoms with Crippen molar-refractivity contribution >= 4 is 0 Å². The number of ether oxygens (including phenoxy) is 2. The lowest BCUT2D eigenvalue weighted by molar-refractivity contribution is 0.110. The molecular formula is C14H32N2O2. The van der Waals surface area contributed by atoms with Gasteiger partial charge >= 0.3 is 0 Å². The minimum Gasteiger partial charge on any atom is -0.385 e. The van der Waals surface area contributed by atoms with Gasteiger partial charge in [0.15, 0.2) is 0 Å². The van der Waals surface area contributed by atoms with Gasteiger partial charge in [0.1, 0.15) is 0 Å². The lowest BCUT2D eigenvalue weighted by Gasteiger charge is -2.29. The maximum Gasteiger partial charge on any atom is 0.0589 e. The summed E-state index contributed by atoms with van der Waals surface area (Å²) in [5, 5.41) is 3.52. The third-order valence-electron chi connectivity index (χ3n) is 2.99. The molecule has 1 N–H and O–H groups in total. The van der Waals surface area contributed by atoms with Crippen molar-refractivity contribution in [2.75, 3.05) is 53.6 Å². The number of methoxy groups -OCH3 is 2. The zero-order chi connectivity index (χ0) is 13.8. The second kappa shape index (κ2) is 11.9. The summed E-state index contributed by atoms with van der Waals surface area (Å²) in [6.07, 6.45) is 1.08. The van der Waals surface area contributed by atoms with Crippen molar-refractivity contribution in [2.24, 2.45) is 5.92 Å². The van der Waals surface area contributed by atoms with E-state index < -0.39 is 0 Å². The number of hydrogen-bond acceptors (Lipinski definition) is 4. The summed E-state index contributed by atoms with van der Waals surface area (Å²) < 4.78 is 10.3. The Morgan fingerprint density at radius 3 is 2.17 bits per heavy atom. The molecule has 1 atom stereocenters. The molecule has 0 aromatic heterocycles. The van der Waals surface area contributed by atoms with Gasteiger partial charge in [-0.05, 0) is 25.8 Å². The molecule has 0 rings (SSSR count). The topological polar surface area (TPSA) is 33.7 Å². The van der Waals surface area contributed by atoms with E-state index in [1.165, 1.54) is 0 Å². The lowest BCUT2D eigenvalue weighted by Crippen LogP contribution is -2.43. The predicted molar refractivity (Wildman–Crippen MR) is 77.1 cm³/mol. The van der Waals surface area contributed by atoms with Crippen LogP contribution in [0.2, 0.25) is 0 Å². The van der Waals surface area contributed by atoms with Gasteiger partial charge in [-0.1, -0.05) is 13.8 Å². The minimum absolute atomic E-state index is 0.538. The lowest BCUT2D eigenvalue weighted by atomic mass is 10.2. The maximum atomic E-state index is 5.18. The molecule has 0 radical (unpaired) electrons. The average Bonchev–Trinajstić information content (AvgIpc) is 2.33. The summed E-state index contributed by atoms with van der Waals surface area (Å²) in [6, 6.07) is 0.538. The Kier molecular flexibility index (Phi) is 11.8. The van der Waals surface area contributed by atoms with Crippen molar-refractivity contribution in [2.45, 2.75) is 33.2 Å². The first-order valence-electron chi connectivity index (χ1n) is 7.04. The molecule has 0 heterocycles. The highest BCUT2D eigenvalue weighted by atomic mass is 16.5. The average molecular weight is 260 g/mol. The molecule has 110 valence electrons. The second-order valence-corrected chi connectivity index (χ2v) is 5.28. The number of hydrogen-bond donors (Lipinski definition) is 1. The summed E-state index contributed by atoms with van der Waals surface area (Å²) in [7, 11) is 3.52. The van der Waals surface area contributed by atoms with E-state index in [4.69, 9.17) is 9.47 Å². The van der Waals surface area contributed by atoms with E-state index in [9.17, 15) is 0 Å². The molecule has 1 unspecified atom stereocenters. The molecule has 4 nitrogen and oxygen atoms in total. The third kappa shape index (κ3) is 9.83. The number of nitrogens with zero attached hydrogens (tertiary/aromatic N) is 1. The number of rotatable bonds is 12. The Labute approximate surface area is 113 Å². The van der Waals surface area contributed by atoms with Crippen molar-refractivity contribution in [1.82, 2.24) is 10.2 Å². The van der Waals surface area contributed by atoms with Crippen LogP contribution in [0, 0.1) is 5.92 Å². The maximum absolute atomic E-state index is 5.18. The van der Waals surface area contributed by atoms with Gasteiger partial charge in [0.25, 0.3) is 0 Å². The van der Waals surface area contributed by atoms with Crippen molar-refractivity contribution < 1.29 is 9.47 Å². The van der Waals surface area contributed by atoms with Crippen LogP contribution in [0.1, 0.15) is 27.2 Å². The van der Waals surface area contributed by atoms with E-state index in [2.05, 4.69) is 31.0 Å². The minimum atomic E-state index is 0.538. The molecule has 0 aliphatic carbocycles. The largest absolute Gasteiger partial charge is 0.385 e. The predicted octanol–water partition coefficient (Wildman–Crippen LogP) is 1.61. The Morgan fingerprint density at radius 1 is 0.944 bits per heavy atom. The zero-order valence-corrected chi connectivity index (χ0v) is 12.9. The third-order valence-corrected chi connectivity index (χ3v) is 2.99. The second-order valence-electron chi connectivity index (χ2n) is 5.28. The highest BCUT2D eigenvalue weighted by Crippen LogP contribution is 2.01. The molecular weight excluding hydrogens is 228 g/mol. The van der Waals surface area contributed by atoms with Gasteiger partial charge in [0.05, 0.1) is 6.61 Å². The molecule has 0 aromatic rings. The highest BCUT2D eigenvalue weighted by Gasteiger charge is 2.12. The zero-order valence-electron chi connectivity index (χ0n) is 12.9. The summed E-state index contributed by atoms with van der Waals surface area (Å²) in [5.74, 6) is 0.707. The van der Waals surface area contributed by atoms with Gasteiger partial charge in [-0.3, -0.25) is 4.90 Å². The van der Waals surface area contributed by atoms with Crippen LogP contribution in [0.15, 0.2) is 0 Å². The molecule has 18 heavy (non-hydrogen) atoms.